The molecule has 1 amide bonds. The van der Waals surface area contributed by atoms with E-state index in [1.54, 1.807) is 13.2 Å². The molecule has 1 atom stereocenters. The molecule has 1 N–H and O–H groups in total. The molecule has 0 aliphatic rings. The summed E-state index contributed by atoms with van der Waals surface area (Å²) in [5, 5.41) is 5.44. The topological polar surface area (TPSA) is 38.3 Å². The second-order valence-electron chi connectivity index (χ2n) is 5.94. The SMILES string of the molecule is COc1ccc(C)c(C(=O)N[C@H](C)c2cccc3ccccc23)c1. The molecule has 0 saturated heterocycles. The average Bonchev–Trinajstić information content (AvgIpc) is 2.61. The van der Waals surface area contributed by atoms with Crippen molar-refractivity contribution in [3.8, 4) is 5.75 Å². The molecule has 0 spiro atoms. The Labute approximate surface area is 142 Å². The van der Waals surface area contributed by atoms with Crippen molar-refractivity contribution < 1.29 is 9.53 Å². The van der Waals surface area contributed by atoms with Crippen LogP contribution < -0.4 is 10.1 Å². The monoisotopic (exact) mass is 319 g/mol. The third-order valence-corrected chi connectivity index (χ3v) is 4.33. The van der Waals surface area contributed by atoms with Crippen LogP contribution in [0.1, 0.15) is 34.5 Å². The molecule has 0 saturated carbocycles. The van der Waals surface area contributed by atoms with Gasteiger partial charge in [-0.2, -0.15) is 0 Å². The summed E-state index contributed by atoms with van der Waals surface area (Å²) >= 11 is 0. The van der Waals surface area contributed by atoms with Gasteiger partial charge in [0.1, 0.15) is 5.75 Å². The highest BCUT2D eigenvalue weighted by Gasteiger charge is 2.15. The first-order valence-corrected chi connectivity index (χ1v) is 8.03. The Balaban J connectivity index is 1.89. The Kier molecular flexibility index (Phi) is 4.52. The fourth-order valence-corrected chi connectivity index (χ4v) is 2.95. The van der Waals surface area contributed by atoms with E-state index in [4.69, 9.17) is 4.74 Å². The number of carbonyl (C=O) groups is 1. The van der Waals surface area contributed by atoms with E-state index in [-0.39, 0.29) is 11.9 Å². The zero-order chi connectivity index (χ0) is 17.1. The van der Waals surface area contributed by atoms with Crippen molar-refractivity contribution in [2.45, 2.75) is 19.9 Å². The van der Waals surface area contributed by atoms with Crippen LogP contribution in [0.5, 0.6) is 5.75 Å². The molecule has 3 aromatic carbocycles. The normalized spacial score (nSPS) is 12.0. The van der Waals surface area contributed by atoms with E-state index in [0.29, 0.717) is 11.3 Å². The van der Waals surface area contributed by atoms with Crippen LogP contribution in [0.15, 0.2) is 60.7 Å². The molecule has 3 nitrogen and oxygen atoms in total. The second-order valence-corrected chi connectivity index (χ2v) is 5.94. The summed E-state index contributed by atoms with van der Waals surface area (Å²) < 4.78 is 5.23. The van der Waals surface area contributed by atoms with Crippen LogP contribution in [-0.4, -0.2) is 13.0 Å². The summed E-state index contributed by atoms with van der Waals surface area (Å²) in [5.74, 6) is 0.593. The van der Waals surface area contributed by atoms with Crippen molar-refractivity contribution in [3.63, 3.8) is 0 Å². The molecule has 0 unspecified atom stereocenters. The van der Waals surface area contributed by atoms with Gasteiger partial charge in [0, 0.05) is 5.56 Å². The minimum atomic E-state index is -0.0909. The number of ether oxygens (including phenoxy) is 1. The van der Waals surface area contributed by atoms with Crippen LogP contribution in [-0.2, 0) is 0 Å². The van der Waals surface area contributed by atoms with E-state index in [0.717, 1.165) is 16.5 Å². The number of carbonyl (C=O) groups excluding carboxylic acids is 1. The van der Waals surface area contributed by atoms with Crippen LogP contribution in [0.2, 0.25) is 0 Å². The van der Waals surface area contributed by atoms with Gasteiger partial charge in [-0.15, -0.1) is 0 Å². The lowest BCUT2D eigenvalue weighted by Gasteiger charge is -2.18. The molecular formula is C21H21NO2. The molecule has 0 aliphatic heterocycles. The predicted octanol–water partition coefficient (Wildman–Crippen LogP) is 4.65. The van der Waals surface area contributed by atoms with Crippen molar-refractivity contribution in [2.75, 3.05) is 7.11 Å². The summed E-state index contributed by atoms with van der Waals surface area (Å²) in [6, 6.07) is 19.8. The number of hydrogen-bond donors (Lipinski definition) is 1. The molecule has 0 heterocycles. The molecule has 3 aromatic rings. The molecule has 0 aliphatic carbocycles. The van der Waals surface area contributed by atoms with Gasteiger partial charge in [-0.05, 0) is 47.9 Å². The Bertz CT molecular complexity index is 881. The van der Waals surface area contributed by atoms with E-state index >= 15 is 0 Å². The van der Waals surface area contributed by atoms with Gasteiger partial charge in [0.15, 0.2) is 0 Å². The van der Waals surface area contributed by atoms with Crippen molar-refractivity contribution in [1.82, 2.24) is 5.32 Å². The number of amides is 1. The van der Waals surface area contributed by atoms with Crippen molar-refractivity contribution in [1.29, 1.82) is 0 Å². The lowest BCUT2D eigenvalue weighted by Crippen LogP contribution is -2.27. The van der Waals surface area contributed by atoms with Crippen LogP contribution in [0, 0.1) is 6.92 Å². The standard InChI is InChI=1S/C21H21NO2/c1-14-11-12-17(24-3)13-20(14)21(23)22-15(2)18-10-6-8-16-7-4-5-9-19(16)18/h4-13,15H,1-3H3,(H,22,23)/t15-/m1/s1. The molecule has 0 bridgehead atoms. The maximum Gasteiger partial charge on any atom is 0.252 e. The highest BCUT2D eigenvalue weighted by Crippen LogP contribution is 2.25. The number of fused-ring (bicyclic) bond motifs is 1. The summed E-state index contributed by atoms with van der Waals surface area (Å²) in [4.78, 5) is 12.7. The van der Waals surface area contributed by atoms with Crippen molar-refractivity contribution in [2.24, 2.45) is 0 Å². The predicted molar refractivity (Wildman–Crippen MR) is 97.6 cm³/mol. The molecule has 0 aromatic heterocycles. The first kappa shape index (κ1) is 16.1. The molecule has 0 radical (unpaired) electrons. The zero-order valence-corrected chi connectivity index (χ0v) is 14.2. The Morgan fingerprint density at radius 1 is 1.04 bits per heavy atom. The maximum atomic E-state index is 12.7. The van der Waals surface area contributed by atoms with Gasteiger partial charge in [-0.1, -0.05) is 48.5 Å². The number of rotatable bonds is 4. The Morgan fingerprint density at radius 2 is 1.79 bits per heavy atom. The van der Waals surface area contributed by atoms with E-state index in [1.807, 2.05) is 44.2 Å². The van der Waals surface area contributed by atoms with Crippen LogP contribution in [0.25, 0.3) is 10.8 Å². The Morgan fingerprint density at radius 3 is 2.58 bits per heavy atom. The van der Waals surface area contributed by atoms with Crippen molar-refractivity contribution >= 4 is 16.7 Å². The number of methoxy groups -OCH3 is 1. The minimum absolute atomic E-state index is 0.0887. The third-order valence-electron chi connectivity index (χ3n) is 4.33. The van der Waals surface area contributed by atoms with Gasteiger partial charge in [0.2, 0.25) is 0 Å². The van der Waals surface area contributed by atoms with E-state index in [1.165, 1.54) is 5.39 Å². The molecule has 3 rings (SSSR count). The van der Waals surface area contributed by atoms with Gasteiger partial charge in [-0.25, -0.2) is 0 Å². The molecule has 0 fully saturated rings. The second kappa shape index (κ2) is 6.75. The number of nitrogens with one attached hydrogen (secondary N) is 1. The molecular weight excluding hydrogens is 298 g/mol. The first-order valence-electron chi connectivity index (χ1n) is 8.03. The van der Waals surface area contributed by atoms with Crippen LogP contribution in [0.4, 0.5) is 0 Å². The fraction of sp³-hybridized carbons (Fsp3) is 0.190. The average molecular weight is 319 g/mol. The number of aryl methyl sites for hydroxylation is 1. The summed E-state index contributed by atoms with van der Waals surface area (Å²) in [5.41, 5.74) is 2.68. The largest absolute Gasteiger partial charge is 0.497 e. The van der Waals surface area contributed by atoms with Crippen LogP contribution in [0.3, 0.4) is 0 Å². The van der Waals surface area contributed by atoms with Gasteiger partial charge >= 0.3 is 0 Å². The highest BCUT2D eigenvalue weighted by molar-refractivity contribution is 5.96. The van der Waals surface area contributed by atoms with Gasteiger partial charge in [-0.3, -0.25) is 4.79 Å². The maximum absolute atomic E-state index is 12.7. The van der Waals surface area contributed by atoms with Gasteiger partial charge in [0.05, 0.1) is 13.2 Å². The fourth-order valence-electron chi connectivity index (χ4n) is 2.95. The van der Waals surface area contributed by atoms with E-state index < -0.39 is 0 Å². The van der Waals surface area contributed by atoms with E-state index in [9.17, 15) is 4.79 Å². The number of benzene rings is 3. The minimum Gasteiger partial charge on any atom is -0.497 e. The first-order chi connectivity index (χ1) is 11.6. The molecule has 3 heteroatoms. The lowest BCUT2D eigenvalue weighted by molar-refractivity contribution is 0.0939. The lowest BCUT2D eigenvalue weighted by atomic mass is 9.99. The van der Waals surface area contributed by atoms with Crippen molar-refractivity contribution in [3.05, 3.63) is 77.4 Å². The van der Waals surface area contributed by atoms with Crippen LogP contribution >= 0.6 is 0 Å². The molecule has 122 valence electrons. The third kappa shape index (κ3) is 3.11. The molecule has 24 heavy (non-hydrogen) atoms. The summed E-state index contributed by atoms with van der Waals surface area (Å²) in [7, 11) is 1.60. The Hall–Kier alpha value is -2.81. The smallest absolute Gasteiger partial charge is 0.252 e. The highest BCUT2D eigenvalue weighted by atomic mass is 16.5. The van der Waals surface area contributed by atoms with Gasteiger partial charge < -0.3 is 10.1 Å². The zero-order valence-electron chi connectivity index (χ0n) is 14.2. The quantitative estimate of drug-likeness (QED) is 0.760. The number of hydrogen-bond acceptors (Lipinski definition) is 2. The van der Waals surface area contributed by atoms with Gasteiger partial charge in [0.25, 0.3) is 5.91 Å². The summed E-state index contributed by atoms with van der Waals surface area (Å²) in [6.45, 7) is 3.94. The van der Waals surface area contributed by atoms with E-state index in [2.05, 4.69) is 29.6 Å². The summed E-state index contributed by atoms with van der Waals surface area (Å²) in [6.07, 6.45) is 0.